The summed E-state index contributed by atoms with van der Waals surface area (Å²) < 4.78 is 5.29. The Morgan fingerprint density at radius 3 is 3.17 bits per heavy atom. The number of nitrogens with zero attached hydrogens (tertiary/aromatic N) is 1. The number of amides is 1. The molecule has 0 radical (unpaired) electrons. The first-order valence-corrected chi connectivity index (χ1v) is 8.22. The summed E-state index contributed by atoms with van der Waals surface area (Å²) in [7, 11) is 0. The second-order valence-electron chi connectivity index (χ2n) is 6.28. The molecular weight excluding hydrogens is 290 g/mol. The van der Waals surface area contributed by atoms with Crippen molar-refractivity contribution in [2.24, 2.45) is 11.8 Å². The molecule has 122 valence electrons. The van der Waals surface area contributed by atoms with Gasteiger partial charge in [-0.2, -0.15) is 0 Å². The smallest absolute Gasteiger partial charge is 0.224 e. The van der Waals surface area contributed by atoms with E-state index in [0.717, 1.165) is 24.3 Å². The van der Waals surface area contributed by atoms with Gasteiger partial charge in [-0.15, -0.1) is 0 Å². The van der Waals surface area contributed by atoms with E-state index in [1.807, 2.05) is 24.3 Å². The maximum atomic E-state index is 12.3. The minimum absolute atomic E-state index is 0.0674. The van der Waals surface area contributed by atoms with E-state index in [4.69, 9.17) is 4.42 Å². The number of rotatable bonds is 5. The number of nitrogens with one attached hydrogen (secondary N) is 2. The normalized spacial score (nSPS) is 19.3. The molecule has 1 aromatic heterocycles. The number of anilines is 1. The van der Waals surface area contributed by atoms with Crippen LogP contribution >= 0.6 is 0 Å². The molecule has 1 aliphatic heterocycles. The Kier molecular flexibility index (Phi) is 5.08. The summed E-state index contributed by atoms with van der Waals surface area (Å²) >= 11 is 0. The molecule has 2 aromatic rings. The second kappa shape index (κ2) is 7.42. The fourth-order valence-electron chi connectivity index (χ4n) is 3.14. The Balaban J connectivity index is 1.58. The minimum atomic E-state index is 0.0674. The molecule has 2 N–H and O–H groups in total. The quantitative estimate of drug-likeness (QED) is 0.888. The molecule has 0 spiro atoms. The lowest BCUT2D eigenvalue weighted by Gasteiger charge is -2.28. The number of hydrogen-bond acceptors (Lipinski definition) is 4. The molecule has 1 aliphatic rings. The van der Waals surface area contributed by atoms with Crippen molar-refractivity contribution in [2.45, 2.75) is 26.2 Å². The summed E-state index contributed by atoms with van der Waals surface area (Å²) in [6.45, 7) is 4.29. The van der Waals surface area contributed by atoms with Crippen LogP contribution in [0.2, 0.25) is 0 Å². The molecule has 5 nitrogen and oxygen atoms in total. The van der Waals surface area contributed by atoms with Crippen LogP contribution in [-0.2, 0) is 4.79 Å². The average molecular weight is 313 g/mol. The van der Waals surface area contributed by atoms with Gasteiger partial charge in [0.15, 0.2) is 12.2 Å². The Morgan fingerprint density at radius 2 is 2.43 bits per heavy atom. The van der Waals surface area contributed by atoms with Crippen molar-refractivity contribution >= 4 is 11.6 Å². The zero-order valence-electron chi connectivity index (χ0n) is 13.4. The van der Waals surface area contributed by atoms with Crippen LogP contribution in [0.3, 0.4) is 0 Å². The third-order valence-corrected chi connectivity index (χ3v) is 4.51. The summed E-state index contributed by atoms with van der Waals surface area (Å²) in [5.41, 5.74) is 1.70. The van der Waals surface area contributed by atoms with E-state index >= 15 is 0 Å². The van der Waals surface area contributed by atoms with Gasteiger partial charge in [0.25, 0.3) is 0 Å². The lowest BCUT2D eigenvalue weighted by atomic mass is 9.85. The maximum Gasteiger partial charge on any atom is 0.224 e. The fourth-order valence-corrected chi connectivity index (χ4v) is 3.14. The lowest BCUT2D eigenvalue weighted by molar-refractivity contribution is -0.117. The van der Waals surface area contributed by atoms with Crippen molar-refractivity contribution in [1.82, 2.24) is 10.3 Å². The Labute approximate surface area is 136 Å². The number of hydrogen-bond donors (Lipinski definition) is 2. The zero-order chi connectivity index (χ0) is 16.1. The Morgan fingerprint density at radius 1 is 1.52 bits per heavy atom. The van der Waals surface area contributed by atoms with Gasteiger partial charge in [0, 0.05) is 17.7 Å². The number of piperidine rings is 1. The molecule has 2 heterocycles. The summed E-state index contributed by atoms with van der Waals surface area (Å²) in [6.07, 6.45) is 6.04. The van der Waals surface area contributed by atoms with Gasteiger partial charge < -0.3 is 15.1 Å². The van der Waals surface area contributed by atoms with E-state index in [2.05, 4.69) is 22.5 Å². The minimum Gasteiger partial charge on any atom is -0.444 e. The first-order valence-electron chi connectivity index (χ1n) is 8.22. The third-order valence-electron chi connectivity index (χ3n) is 4.51. The van der Waals surface area contributed by atoms with E-state index in [0.29, 0.717) is 24.0 Å². The van der Waals surface area contributed by atoms with E-state index in [-0.39, 0.29) is 5.91 Å². The highest BCUT2D eigenvalue weighted by Gasteiger charge is 2.22. The average Bonchev–Trinajstić information content (AvgIpc) is 3.10. The number of carbonyl (C=O) groups is 1. The summed E-state index contributed by atoms with van der Waals surface area (Å²) in [6, 6.07) is 7.64. The molecule has 3 rings (SSSR count). The molecule has 1 saturated heterocycles. The van der Waals surface area contributed by atoms with E-state index in [1.165, 1.54) is 19.2 Å². The molecule has 5 heteroatoms. The van der Waals surface area contributed by atoms with Crippen molar-refractivity contribution in [3.63, 3.8) is 0 Å². The topological polar surface area (TPSA) is 67.2 Å². The van der Waals surface area contributed by atoms with Crippen LogP contribution in [0.1, 0.15) is 26.2 Å². The number of benzene rings is 1. The molecule has 1 fully saturated rings. The third kappa shape index (κ3) is 4.20. The summed E-state index contributed by atoms with van der Waals surface area (Å²) in [5, 5.41) is 6.41. The molecular formula is C18H23N3O2. The van der Waals surface area contributed by atoms with Gasteiger partial charge in [0.1, 0.15) is 0 Å². The number of aromatic nitrogens is 1. The first-order chi connectivity index (χ1) is 11.2. The van der Waals surface area contributed by atoms with Crippen molar-refractivity contribution in [3.05, 3.63) is 36.9 Å². The Bertz CT molecular complexity index is 633. The van der Waals surface area contributed by atoms with E-state index in [1.54, 1.807) is 6.20 Å². The molecule has 2 atom stereocenters. The van der Waals surface area contributed by atoms with Crippen molar-refractivity contribution in [2.75, 3.05) is 18.4 Å². The van der Waals surface area contributed by atoms with Crippen molar-refractivity contribution in [1.29, 1.82) is 0 Å². The highest BCUT2D eigenvalue weighted by atomic mass is 16.3. The molecule has 1 aromatic carbocycles. The SMILES string of the molecule is CC(CC(=O)Nc1cccc(-c2cnco2)c1)C1CCCNC1. The van der Waals surface area contributed by atoms with Gasteiger partial charge in [-0.25, -0.2) is 4.98 Å². The Hall–Kier alpha value is -2.14. The maximum absolute atomic E-state index is 12.3. The van der Waals surface area contributed by atoms with E-state index < -0.39 is 0 Å². The standard InChI is InChI=1S/C18H23N3O2/c1-13(15-5-3-7-19-10-15)8-18(22)21-16-6-2-4-14(9-16)17-11-20-12-23-17/h2,4,6,9,11-13,15,19H,3,5,7-8,10H2,1H3,(H,21,22). The zero-order valence-corrected chi connectivity index (χ0v) is 13.4. The van der Waals surface area contributed by atoms with Gasteiger partial charge in [0.05, 0.1) is 6.20 Å². The second-order valence-corrected chi connectivity index (χ2v) is 6.28. The molecule has 23 heavy (non-hydrogen) atoms. The predicted octanol–water partition coefficient (Wildman–Crippen LogP) is 3.31. The number of carbonyl (C=O) groups excluding carboxylic acids is 1. The van der Waals surface area contributed by atoms with Crippen LogP contribution in [0.4, 0.5) is 5.69 Å². The molecule has 0 bridgehead atoms. The van der Waals surface area contributed by atoms with Gasteiger partial charge in [0.2, 0.25) is 5.91 Å². The molecule has 2 unspecified atom stereocenters. The highest BCUT2D eigenvalue weighted by Crippen LogP contribution is 2.24. The van der Waals surface area contributed by atoms with Gasteiger partial charge >= 0.3 is 0 Å². The largest absolute Gasteiger partial charge is 0.444 e. The van der Waals surface area contributed by atoms with Crippen LogP contribution < -0.4 is 10.6 Å². The van der Waals surface area contributed by atoms with Crippen molar-refractivity contribution < 1.29 is 9.21 Å². The number of oxazole rings is 1. The fraction of sp³-hybridized carbons (Fsp3) is 0.444. The van der Waals surface area contributed by atoms with E-state index in [9.17, 15) is 4.79 Å². The highest BCUT2D eigenvalue weighted by molar-refractivity contribution is 5.91. The van der Waals surface area contributed by atoms with Crippen LogP contribution in [-0.4, -0.2) is 24.0 Å². The van der Waals surface area contributed by atoms with Crippen LogP contribution in [0.5, 0.6) is 0 Å². The monoisotopic (exact) mass is 313 g/mol. The summed E-state index contributed by atoms with van der Waals surface area (Å²) in [5.74, 6) is 1.75. The molecule has 0 aliphatic carbocycles. The molecule has 0 saturated carbocycles. The van der Waals surface area contributed by atoms with Crippen molar-refractivity contribution in [3.8, 4) is 11.3 Å². The first kappa shape index (κ1) is 15.7. The molecule has 1 amide bonds. The van der Waals surface area contributed by atoms with Crippen LogP contribution in [0.15, 0.2) is 41.3 Å². The van der Waals surface area contributed by atoms with Gasteiger partial charge in [-0.3, -0.25) is 4.79 Å². The van der Waals surface area contributed by atoms with Crippen LogP contribution in [0, 0.1) is 11.8 Å². The van der Waals surface area contributed by atoms with Gasteiger partial charge in [-0.1, -0.05) is 19.1 Å². The lowest BCUT2D eigenvalue weighted by Crippen LogP contribution is -2.34. The summed E-state index contributed by atoms with van der Waals surface area (Å²) in [4.78, 5) is 16.2. The van der Waals surface area contributed by atoms with Crippen LogP contribution in [0.25, 0.3) is 11.3 Å². The van der Waals surface area contributed by atoms with Gasteiger partial charge in [-0.05, 0) is 49.9 Å². The predicted molar refractivity (Wildman–Crippen MR) is 89.9 cm³/mol.